The Hall–Kier alpha value is -1.82. The molecule has 1 aromatic carbocycles. The number of likely N-dealkylation sites (tertiary alicyclic amines) is 1. The van der Waals surface area contributed by atoms with Crippen LogP contribution < -0.4 is 5.32 Å². The summed E-state index contributed by atoms with van der Waals surface area (Å²) in [6.45, 7) is 2.15. The number of carboxylic acids is 1. The van der Waals surface area contributed by atoms with E-state index in [1.54, 1.807) is 6.92 Å². The Morgan fingerprint density at radius 3 is 2.86 bits per heavy atom. The first kappa shape index (κ1) is 15.6. The molecule has 1 aliphatic rings. The molecule has 21 heavy (non-hydrogen) atoms. The molecule has 1 fully saturated rings. The summed E-state index contributed by atoms with van der Waals surface area (Å²) in [6.07, 6.45) is 1.48. The van der Waals surface area contributed by atoms with Crippen molar-refractivity contribution in [1.82, 2.24) is 4.90 Å². The van der Waals surface area contributed by atoms with E-state index >= 15 is 0 Å². The summed E-state index contributed by atoms with van der Waals surface area (Å²) in [5, 5.41) is 12.0. The number of nitrogens with one attached hydrogen (secondary N) is 1. The van der Waals surface area contributed by atoms with Crippen LogP contribution in [0.3, 0.4) is 0 Å². The SMILES string of the molecule is CC1CCCN(C(=O)Nc2cc(F)ccc2Cl)C1C(=O)O. The van der Waals surface area contributed by atoms with E-state index in [1.165, 1.54) is 17.0 Å². The normalized spacial score (nSPS) is 22.0. The largest absolute Gasteiger partial charge is 0.480 e. The van der Waals surface area contributed by atoms with E-state index in [1.807, 2.05) is 0 Å². The lowest BCUT2D eigenvalue weighted by molar-refractivity contribution is -0.145. The van der Waals surface area contributed by atoms with Gasteiger partial charge in [-0.1, -0.05) is 18.5 Å². The van der Waals surface area contributed by atoms with Gasteiger partial charge < -0.3 is 15.3 Å². The molecule has 0 radical (unpaired) electrons. The Labute approximate surface area is 126 Å². The van der Waals surface area contributed by atoms with Crippen molar-refractivity contribution in [1.29, 1.82) is 0 Å². The minimum Gasteiger partial charge on any atom is -0.480 e. The maximum Gasteiger partial charge on any atom is 0.326 e. The fourth-order valence-corrected chi connectivity index (χ4v) is 2.74. The molecule has 2 rings (SSSR count). The van der Waals surface area contributed by atoms with E-state index in [9.17, 15) is 19.1 Å². The highest BCUT2D eigenvalue weighted by molar-refractivity contribution is 6.33. The zero-order valence-corrected chi connectivity index (χ0v) is 12.2. The number of halogens is 2. The van der Waals surface area contributed by atoms with Crippen molar-refractivity contribution in [2.24, 2.45) is 5.92 Å². The number of hydrogen-bond acceptors (Lipinski definition) is 2. The van der Waals surface area contributed by atoms with E-state index in [-0.39, 0.29) is 16.6 Å². The summed E-state index contributed by atoms with van der Waals surface area (Å²) < 4.78 is 13.2. The number of carboxylic acid groups (broad SMARTS) is 1. The van der Waals surface area contributed by atoms with Crippen LogP contribution in [0.2, 0.25) is 5.02 Å². The molecule has 5 nitrogen and oxygen atoms in total. The molecule has 1 aliphatic heterocycles. The van der Waals surface area contributed by atoms with Gasteiger partial charge in [-0.15, -0.1) is 0 Å². The first-order chi connectivity index (χ1) is 9.90. The van der Waals surface area contributed by atoms with Gasteiger partial charge in [0.2, 0.25) is 0 Å². The highest BCUT2D eigenvalue weighted by atomic mass is 35.5. The molecular weight excluding hydrogens is 299 g/mol. The van der Waals surface area contributed by atoms with Crippen LogP contribution in [0.1, 0.15) is 19.8 Å². The van der Waals surface area contributed by atoms with Gasteiger partial charge in [0.25, 0.3) is 0 Å². The summed E-state index contributed by atoms with van der Waals surface area (Å²) in [4.78, 5) is 24.9. The van der Waals surface area contributed by atoms with Crippen LogP contribution in [0.25, 0.3) is 0 Å². The van der Waals surface area contributed by atoms with Crippen LogP contribution >= 0.6 is 11.6 Å². The van der Waals surface area contributed by atoms with Crippen LogP contribution in [0.4, 0.5) is 14.9 Å². The molecule has 2 amide bonds. The molecule has 0 saturated carbocycles. The Morgan fingerprint density at radius 2 is 2.19 bits per heavy atom. The average Bonchev–Trinajstić information content (AvgIpc) is 2.42. The zero-order valence-electron chi connectivity index (χ0n) is 11.5. The molecule has 0 bridgehead atoms. The molecule has 2 atom stereocenters. The van der Waals surface area contributed by atoms with E-state index in [0.29, 0.717) is 6.54 Å². The number of carbonyl (C=O) groups is 2. The molecule has 7 heteroatoms. The third-order valence-electron chi connectivity index (χ3n) is 3.62. The number of rotatable bonds is 2. The van der Waals surface area contributed by atoms with Crippen molar-refractivity contribution in [3.63, 3.8) is 0 Å². The highest BCUT2D eigenvalue weighted by Crippen LogP contribution is 2.26. The van der Waals surface area contributed by atoms with Crippen LogP contribution in [0.15, 0.2) is 18.2 Å². The highest BCUT2D eigenvalue weighted by Gasteiger charge is 2.37. The second-order valence-electron chi connectivity index (χ2n) is 5.15. The molecule has 0 aromatic heterocycles. The maximum atomic E-state index is 13.2. The third-order valence-corrected chi connectivity index (χ3v) is 3.95. The smallest absolute Gasteiger partial charge is 0.326 e. The van der Waals surface area contributed by atoms with Gasteiger partial charge >= 0.3 is 12.0 Å². The lowest BCUT2D eigenvalue weighted by Crippen LogP contribution is -2.53. The monoisotopic (exact) mass is 314 g/mol. The molecule has 2 unspecified atom stereocenters. The third kappa shape index (κ3) is 3.44. The summed E-state index contributed by atoms with van der Waals surface area (Å²) in [6, 6.07) is 2.15. The molecular formula is C14H16ClFN2O3. The van der Waals surface area contributed by atoms with Crippen molar-refractivity contribution in [2.45, 2.75) is 25.8 Å². The fraction of sp³-hybridized carbons (Fsp3) is 0.429. The number of piperidine rings is 1. The van der Waals surface area contributed by atoms with E-state index in [4.69, 9.17) is 11.6 Å². The van der Waals surface area contributed by atoms with Crippen molar-refractivity contribution in [3.8, 4) is 0 Å². The standard InChI is InChI=1S/C14H16ClFN2O3/c1-8-3-2-6-18(12(8)13(19)20)14(21)17-11-7-9(16)4-5-10(11)15/h4-5,7-8,12H,2-3,6H2,1H3,(H,17,21)(H,19,20). The zero-order chi connectivity index (χ0) is 15.6. The molecule has 114 valence electrons. The molecule has 0 aliphatic carbocycles. The van der Waals surface area contributed by atoms with Crippen LogP contribution in [0, 0.1) is 11.7 Å². The van der Waals surface area contributed by atoms with Gasteiger partial charge in [-0.2, -0.15) is 0 Å². The first-order valence-electron chi connectivity index (χ1n) is 6.65. The van der Waals surface area contributed by atoms with Gasteiger partial charge in [0.15, 0.2) is 0 Å². The lowest BCUT2D eigenvalue weighted by Gasteiger charge is -2.37. The Morgan fingerprint density at radius 1 is 1.48 bits per heavy atom. The summed E-state index contributed by atoms with van der Waals surface area (Å²) in [5.41, 5.74) is 0.129. The number of aliphatic carboxylic acids is 1. The van der Waals surface area contributed by atoms with Gasteiger partial charge in [0.05, 0.1) is 10.7 Å². The minimum atomic E-state index is -1.04. The van der Waals surface area contributed by atoms with E-state index in [0.717, 1.165) is 18.9 Å². The molecule has 1 heterocycles. The second-order valence-corrected chi connectivity index (χ2v) is 5.56. The number of hydrogen-bond donors (Lipinski definition) is 2. The number of amides is 2. The predicted molar refractivity (Wildman–Crippen MR) is 77.0 cm³/mol. The molecule has 0 spiro atoms. The first-order valence-corrected chi connectivity index (χ1v) is 7.03. The predicted octanol–water partition coefficient (Wildman–Crippen LogP) is 3.20. The summed E-state index contributed by atoms with van der Waals surface area (Å²) in [5.74, 6) is -1.70. The summed E-state index contributed by atoms with van der Waals surface area (Å²) in [7, 11) is 0. The van der Waals surface area contributed by atoms with Crippen LogP contribution in [0.5, 0.6) is 0 Å². The van der Waals surface area contributed by atoms with Gasteiger partial charge in [0.1, 0.15) is 11.9 Å². The van der Waals surface area contributed by atoms with Gasteiger partial charge in [0, 0.05) is 6.54 Å². The van der Waals surface area contributed by atoms with Gasteiger partial charge in [-0.05, 0) is 37.0 Å². The average molecular weight is 315 g/mol. The number of urea groups is 1. The maximum absolute atomic E-state index is 13.2. The topological polar surface area (TPSA) is 69.6 Å². The second kappa shape index (κ2) is 6.30. The van der Waals surface area contributed by atoms with Gasteiger partial charge in [-0.25, -0.2) is 14.0 Å². The quantitative estimate of drug-likeness (QED) is 0.880. The van der Waals surface area contributed by atoms with E-state index in [2.05, 4.69) is 5.32 Å². The van der Waals surface area contributed by atoms with Crippen molar-refractivity contribution in [3.05, 3.63) is 29.0 Å². The van der Waals surface area contributed by atoms with Crippen molar-refractivity contribution < 1.29 is 19.1 Å². The number of nitrogens with zero attached hydrogens (tertiary/aromatic N) is 1. The van der Waals surface area contributed by atoms with E-state index < -0.39 is 23.9 Å². The van der Waals surface area contributed by atoms with Crippen molar-refractivity contribution in [2.75, 3.05) is 11.9 Å². The molecule has 1 saturated heterocycles. The minimum absolute atomic E-state index is 0.129. The molecule has 2 N–H and O–H groups in total. The number of carbonyl (C=O) groups excluding carboxylic acids is 1. The fourth-order valence-electron chi connectivity index (χ4n) is 2.57. The van der Waals surface area contributed by atoms with Crippen LogP contribution in [-0.2, 0) is 4.79 Å². The Kier molecular flexibility index (Phi) is 4.67. The Balaban J connectivity index is 2.18. The lowest BCUT2D eigenvalue weighted by atomic mass is 9.91. The summed E-state index contributed by atoms with van der Waals surface area (Å²) >= 11 is 5.89. The molecule has 1 aromatic rings. The van der Waals surface area contributed by atoms with Gasteiger partial charge in [-0.3, -0.25) is 0 Å². The Bertz CT molecular complexity index is 567. The van der Waals surface area contributed by atoms with Crippen molar-refractivity contribution >= 4 is 29.3 Å². The number of anilines is 1. The van der Waals surface area contributed by atoms with Crippen LogP contribution in [-0.4, -0.2) is 34.6 Å². The number of benzene rings is 1.